The van der Waals surface area contributed by atoms with Gasteiger partial charge >= 0.3 is 0 Å². The van der Waals surface area contributed by atoms with E-state index in [2.05, 4.69) is 6.07 Å². The molecule has 1 aliphatic rings. The van der Waals surface area contributed by atoms with E-state index in [0.29, 0.717) is 6.42 Å². The molecule has 14 heavy (non-hydrogen) atoms. The summed E-state index contributed by atoms with van der Waals surface area (Å²) in [6.45, 7) is 1.81. The third kappa shape index (κ3) is 1.45. The van der Waals surface area contributed by atoms with Gasteiger partial charge in [-0.1, -0.05) is 31.2 Å². The number of benzene rings is 1. The maximum atomic E-state index is 9.83. The molecule has 1 unspecified atom stereocenters. The van der Waals surface area contributed by atoms with Crippen LogP contribution in [0.4, 0.5) is 0 Å². The smallest absolute Gasteiger partial charge is 0.169 e. The molecule has 2 rings (SSSR count). The van der Waals surface area contributed by atoms with Crippen LogP contribution in [0.15, 0.2) is 24.3 Å². The van der Waals surface area contributed by atoms with Crippen molar-refractivity contribution >= 4 is 0 Å². The first kappa shape index (κ1) is 9.69. The predicted octanol–water partition coefficient (Wildman–Crippen LogP) is 1.81. The Hall–Kier alpha value is -0.860. The number of aliphatic hydroxyl groups is 2. The fourth-order valence-electron chi connectivity index (χ4n) is 2.28. The lowest BCUT2D eigenvalue weighted by atomic mass is 9.90. The predicted molar refractivity (Wildman–Crippen MR) is 55.0 cm³/mol. The fourth-order valence-corrected chi connectivity index (χ4v) is 2.28. The zero-order valence-corrected chi connectivity index (χ0v) is 8.40. The molecule has 1 aromatic carbocycles. The van der Waals surface area contributed by atoms with E-state index in [1.807, 2.05) is 18.2 Å². The molecule has 0 spiro atoms. The summed E-state index contributed by atoms with van der Waals surface area (Å²) in [4.78, 5) is 0. The number of fused-ring (bicyclic) bond motifs is 1. The van der Waals surface area contributed by atoms with Gasteiger partial charge in [-0.3, -0.25) is 0 Å². The number of hydrogen-bond donors (Lipinski definition) is 2. The Morgan fingerprint density at radius 1 is 1.36 bits per heavy atom. The van der Waals surface area contributed by atoms with Gasteiger partial charge < -0.3 is 10.2 Å². The summed E-state index contributed by atoms with van der Waals surface area (Å²) in [5.74, 6) is -1.64. The van der Waals surface area contributed by atoms with Crippen LogP contribution >= 0.6 is 0 Å². The molecule has 0 bridgehead atoms. The number of hydrogen-bond acceptors (Lipinski definition) is 2. The summed E-state index contributed by atoms with van der Waals surface area (Å²) in [5, 5.41) is 19.7. The van der Waals surface area contributed by atoms with E-state index in [0.717, 1.165) is 18.4 Å². The lowest BCUT2D eigenvalue weighted by molar-refractivity contribution is -0.180. The van der Waals surface area contributed by atoms with Crippen molar-refractivity contribution in [1.29, 1.82) is 0 Å². The van der Waals surface area contributed by atoms with E-state index in [9.17, 15) is 10.2 Å². The Balaban J connectivity index is 2.35. The third-order valence-electron chi connectivity index (χ3n) is 3.21. The van der Waals surface area contributed by atoms with Crippen molar-refractivity contribution in [3.8, 4) is 0 Å². The van der Waals surface area contributed by atoms with Gasteiger partial charge in [0.05, 0.1) is 0 Å². The monoisotopic (exact) mass is 192 g/mol. The molecular weight excluding hydrogens is 176 g/mol. The van der Waals surface area contributed by atoms with Gasteiger partial charge in [0.25, 0.3) is 0 Å². The zero-order chi connectivity index (χ0) is 10.2. The van der Waals surface area contributed by atoms with Gasteiger partial charge in [-0.05, 0) is 30.4 Å². The second-order valence-electron chi connectivity index (χ2n) is 4.02. The Morgan fingerprint density at radius 2 is 2.07 bits per heavy atom. The van der Waals surface area contributed by atoms with Crippen LogP contribution in [-0.2, 0) is 6.42 Å². The van der Waals surface area contributed by atoms with Crippen molar-refractivity contribution in [1.82, 2.24) is 0 Å². The van der Waals surface area contributed by atoms with E-state index in [1.165, 1.54) is 5.56 Å². The van der Waals surface area contributed by atoms with Gasteiger partial charge in [0.2, 0.25) is 0 Å². The molecule has 2 N–H and O–H groups in total. The maximum Gasteiger partial charge on any atom is 0.169 e. The van der Waals surface area contributed by atoms with E-state index in [-0.39, 0.29) is 5.92 Å². The van der Waals surface area contributed by atoms with Crippen LogP contribution in [0, 0.1) is 0 Å². The molecule has 0 saturated heterocycles. The average Bonchev–Trinajstić information content (AvgIpc) is 2.61. The summed E-state index contributed by atoms with van der Waals surface area (Å²) in [5.41, 5.74) is 2.37. The zero-order valence-electron chi connectivity index (χ0n) is 8.40. The summed E-state index contributed by atoms with van der Waals surface area (Å²) in [6.07, 6.45) is 2.19. The van der Waals surface area contributed by atoms with Crippen molar-refractivity contribution in [2.24, 2.45) is 0 Å². The van der Waals surface area contributed by atoms with Crippen LogP contribution in [0.2, 0.25) is 0 Å². The first-order valence-corrected chi connectivity index (χ1v) is 5.17. The molecule has 2 nitrogen and oxygen atoms in total. The quantitative estimate of drug-likeness (QED) is 0.701. The maximum absolute atomic E-state index is 9.83. The van der Waals surface area contributed by atoms with Crippen molar-refractivity contribution in [2.75, 3.05) is 0 Å². The van der Waals surface area contributed by atoms with Crippen LogP contribution in [0.5, 0.6) is 0 Å². The van der Waals surface area contributed by atoms with Crippen LogP contribution in [0.3, 0.4) is 0 Å². The molecule has 2 heteroatoms. The van der Waals surface area contributed by atoms with Crippen LogP contribution in [0.25, 0.3) is 0 Å². The standard InChI is InChI=1S/C12H16O2/c1-2-12(13,14)11-8-7-9-5-3-4-6-10(9)11/h3-6,11,13-14H,2,7-8H2,1H3. The highest BCUT2D eigenvalue weighted by Crippen LogP contribution is 2.40. The van der Waals surface area contributed by atoms with E-state index >= 15 is 0 Å². The summed E-state index contributed by atoms with van der Waals surface area (Å²) in [7, 11) is 0. The first-order chi connectivity index (χ1) is 6.65. The highest BCUT2D eigenvalue weighted by molar-refractivity contribution is 5.36. The minimum absolute atomic E-state index is 0.108. The molecule has 0 aliphatic heterocycles. The van der Waals surface area contributed by atoms with Crippen molar-refractivity contribution < 1.29 is 10.2 Å². The number of aryl methyl sites for hydroxylation is 1. The molecular formula is C12H16O2. The first-order valence-electron chi connectivity index (χ1n) is 5.17. The molecule has 0 aromatic heterocycles. The van der Waals surface area contributed by atoms with Gasteiger partial charge in [-0.2, -0.15) is 0 Å². The van der Waals surface area contributed by atoms with Crippen molar-refractivity contribution in [3.63, 3.8) is 0 Å². The molecule has 1 atom stereocenters. The van der Waals surface area contributed by atoms with Gasteiger partial charge in [0, 0.05) is 5.92 Å². The van der Waals surface area contributed by atoms with E-state index in [1.54, 1.807) is 6.92 Å². The minimum atomic E-state index is -1.54. The van der Waals surface area contributed by atoms with Gasteiger partial charge in [0.1, 0.15) is 0 Å². The Bertz CT molecular complexity index is 331. The fraction of sp³-hybridized carbons (Fsp3) is 0.500. The van der Waals surface area contributed by atoms with E-state index < -0.39 is 5.79 Å². The summed E-state index contributed by atoms with van der Waals surface area (Å²) < 4.78 is 0. The second kappa shape index (κ2) is 3.37. The molecule has 76 valence electrons. The van der Waals surface area contributed by atoms with Gasteiger partial charge in [-0.15, -0.1) is 0 Å². The lowest BCUT2D eigenvalue weighted by Crippen LogP contribution is -2.34. The van der Waals surface area contributed by atoms with Crippen molar-refractivity contribution in [3.05, 3.63) is 35.4 Å². The number of rotatable bonds is 2. The molecule has 1 aliphatic carbocycles. The van der Waals surface area contributed by atoms with E-state index in [4.69, 9.17) is 0 Å². The largest absolute Gasteiger partial charge is 0.365 e. The highest BCUT2D eigenvalue weighted by atomic mass is 16.5. The summed E-state index contributed by atoms with van der Waals surface area (Å²) >= 11 is 0. The van der Waals surface area contributed by atoms with Crippen LogP contribution < -0.4 is 0 Å². The molecule has 0 amide bonds. The Labute approximate surface area is 84.2 Å². The SMILES string of the molecule is CCC(O)(O)C1CCc2ccccc21. The lowest BCUT2D eigenvalue weighted by Gasteiger charge is -2.27. The van der Waals surface area contributed by atoms with Crippen LogP contribution in [-0.4, -0.2) is 16.0 Å². The van der Waals surface area contributed by atoms with Gasteiger partial charge in [-0.25, -0.2) is 0 Å². The van der Waals surface area contributed by atoms with Crippen LogP contribution in [0.1, 0.15) is 36.8 Å². The van der Waals surface area contributed by atoms with Gasteiger partial charge in [0.15, 0.2) is 5.79 Å². The average molecular weight is 192 g/mol. The minimum Gasteiger partial charge on any atom is -0.365 e. The Morgan fingerprint density at radius 3 is 2.79 bits per heavy atom. The second-order valence-corrected chi connectivity index (χ2v) is 4.02. The molecule has 0 saturated carbocycles. The third-order valence-corrected chi connectivity index (χ3v) is 3.21. The summed E-state index contributed by atoms with van der Waals surface area (Å²) in [6, 6.07) is 8.04. The molecule has 1 aromatic rings. The topological polar surface area (TPSA) is 40.5 Å². The van der Waals surface area contributed by atoms with Crippen molar-refractivity contribution in [2.45, 2.75) is 37.9 Å². The molecule has 0 radical (unpaired) electrons. The molecule has 0 heterocycles. The Kier molecular flexibility index (Phi) is 2.33. The highest BCUT2D eigenvalue weighted by Gasteiger charge is 2.37. The molecule has 0 fully saturated rings. The normalized spacial score (nSPS) is 20.9.